The number of carbonyl (C=O) groups is 2. The first-order chi connectivity index (χ1) is 16.7. The Kier molecular flexibility index (Phi) is 8.97. The van der Waals surface area contributed by atoms with Crippen molar-refractivity contribution in [1.29, 1.82) is 0 Å². The summed E-state index contributed by atoms with van der Waals surface area (Å²) in [5, 5.41) is 21.5. The molecule has 0 aliphatic carbocycles. The van der Waals surface area contributed by atoms with Gasteiger partial charge in [0.1, 0.15) is 17.8 Å². The van der Waals surface area contributed by atoms with Crippen LogP contribution in [0.3, 0.4) is 0 Å². The summed E-state index contributed by atoms with van der Waals surface area (Å²) in [6.45, 7) is -1.04. The van der Waals surface area contributed by atoms with Crippen molar-refractivity contribution in [2.45, 2.75) is 57.6 Å². The fraction of sp³-hybridized carbons (Fsp3) is 0.667. The van der Waals surface area contributed by atoms with Crippen LogP contribution in [-0.4, -0.2) is 69.7 Å². The molecule has 1 unspecified atom stereocenters. The summed E-state index contributed by atoms with van der Waals surface area (Å²) in [6, 6.07) is 1.06. The minimum atomic E-state index is -4.98. The van der Waals surface area contributed by atoms with Crippen LogP contribution in [0.25, 0.3) is 0 Å². The first-order valence-corrected chi connectivity index (χ1v) is 11.8. The highest BCUT2D eigenvalue weighted by molar-refractivity contribution is 7.71. The summed E-state index contributed by atoms with van der Waals surface area (Å²) < 4.78 is 59.8. The standard InChI is InChI=1S/C18H27N2O12PS/c1-4-13(22)27-9-30-33(26,31-10-28-14(23)5-2)29-8-11-15(24)18(3,25)16(32-11)20-7-6-12(21)19-17(20)34/h6-7,11,15-16,24-25H,4-5,8-10H2,1-3H3,(H,19,21,34)/t11-,15+,16-,18?/m1/s1/i8D2. The largest absolute Gasteiger partial charge is 0.480 e. The lowest BCUT2D eigenvalue weighted by atomic mass is 9.96. The van der Waals surface area contributed by atoms with Gasteiger partial charge in [0.2, 0.25) is 13.6 Å². The van der Waals surface area contributed by atoms with Gasteiger partial charge in [0.25, 0.3) is 5.56 Å². The molecule has 0 saturated carbocycles. The molecule has 16 heteroatoms. The maximum Gasteiger partial charge on any atom is 0.480 e. The normalized spacial score (nSPS) is 26.0. The Morgan fingerprint density at radius 1 is 1.26 bits per heavy atom. The number of H-pyrrole nitrogens is 1. The fourth-order valence-electron chi connectivity index (χ4n) is 2.58. The molecule has 0 amide bonds. The van der Waals surface area contributed by atoms with Crippen LogP contribution in [0.2, 0.25) is 0 Å². The van der Waals surface area contributed by atoms with E-state index in [9.17, 15) is 29.2 Å². The van der Waals surface area contributed by atoms with Crippen LogP contribution in [0, 0.1) is 4.77 Å². The number of phosphoric acid groups is 1. The average Bonchev–Trinajstić information content (AvgIpc) is 3.02. The third kappa shape index (κ3) is 7.26. The number of hydrogen-bond donors (Lipinski definition) is 3. The van der Waals surface area contributed by atoms with E-state index in [4.69, 9.17) is 33.3 Å². The van der Waals surface area contributed by atoms with E-state index in [-0.39, 0.29) is 17.6 Å². The van der Waals surface area contributed by atoms with E-state index in [2.05, 4.69) is 14.5 Å². The molecule has 1 aromatic heterocycles. The first kappa shape index (κ1) is 25.1. The topological polar surface area (TPSA) is 185 Å². The molecular weight excluding hydrogens is 499 g/mol. The number of hydrogen-bond acceptors (Lipinski definition) is 13. The molecule has 0 spiro atoms. The molecule has 1 aromatic rings. The molecule has 0 radical (unpaired) electrons. The molecule has 14 nitrogen and oxygen atoms in total. The van der Waals surface area contributed by atoms with Gasteiger partial charge >= 0.3 is 19.8 Å². The summed E-state index contributed by atoms with van der Waals surface area (Å²) in [5.74, 6) is -1.49. The number of aromatic amines is 1. The lowest BCUT2D eigenvalue weighted by molar-refractivity contribution is -0.153. The monoisotopic (exact) mass is 528 g/mol. The number of aromatic nitrogens is 2. The van der Waals surface area contributed by atoms with Gasteiger partial charge in [0.05, 0.1) is 9.30 Å². The number of aliphatic hydroxyl groups is 2. The van der Waals surface area contributed by atoms with Gasteiger partial charge in [0, 0.05) is 25.1 Å². The van der Waals surface area contributed by atoms with Crippen LogP contribution >= 0.6 is 20.0 Å². The maximum atomic E-state index is 13.1. The van der Waals surface area contributed by atoms with Crippen molar-refractivity contribution in [2.24, 2.45) is 0 Å². The Hall–Kier alpha value is -1.97. The Morgan fingerprint density at radius 3 is 2.32 bits per heavy atom. The number of nitrogens with one attached hydrogen (secondary N) is 1. The Labute approximate surface area is 202 Å². The second-order valence-electron chi connectivity index (χ2n) is 6.99. The predicted molar refractivity (Wildman–Crippen MR) is 115 cm³/mol. The molecule has 2 rings (SSSR count). The van der Waals surface area contributed by atoms with Crippen LogP contribution in [0.5, 0.6) is 0 Å². The third-order valence-electron chi connectivity index (χ3n) is 4.48. The predicted octanol–water partition coefficient (Wildman–Crippen LogP) is 0.894. The van der Waals surface area contributed by atoms with Crippen molar-refractivity contribution in [1.82, 2.24) is 9.55 Å². The van der Waals surface area contributed by atoms with Gasteiger partial charge in [-0.2, -0.15) is 0 Å². The van der Waals surface area contributed by atoms with E-state index in [1.807, 2.05) is 0 Å². The van der Waals surface area contributed by atoms with Gasteiger partial charge in [-0.15, -0.1) is 0 Å². The molecule has 1 fully saturated rings. The van der Waals surface area contributed by atoms with Crippen molar-refractivity contribution in [2.75, 3.05) is 20.1 Å². The fourth-order valence-corrected chi connectivity index (χ4v) is 3.61. The van der Waals surface area contributed by atoms with Crippen molar-refractivity contribution in [3.63, 3.8) is 0 Å². The van der Waals surface area contributed by atoms with Gasteiger partial charge in [-0.05, 0) is 19.1 Å². The molecule has 34 heavy (non-hydrogen) atoms. The number of ether oxygens (including phenoxy) is 3. The quantitative estimate of drug-likeness (QED) is 0.150. The first-order valence-electron chi connectivity index (χ1n) is 10.9. The molecule has 0 bridgehead atoms. The number of nitrogens with zero attached hydrogens (tertiary/aromatic N) is 1. The molecule has 192 valence electrons. The van der Waals surface area contributed by atoms with E-state index >= 15 is 0 Å². The minimum Gasteiger partial charge on any atom is -0.438 e. The minimum absolute atomic E-state index is 0.0455. The zero-order chi connectivity index (χ0) is 27.3. The van der Waals surface area contributed by atoms with Gasteiger partial charge in [-0.3, -0.25) is 28.5 Å². The average molecular weight is 528 g/mol. The zero-order valence-electron chi connectivity index (χ0n) is 20.5. The van der Waals surface area contributed by atoms with Gasteiger partial charge in [0.15, 0.2) is 11.0 Å². The van der Waals surface area contributed by atoms with Crippen molar-refractivity contribution < 1.29 is 54.9 Å². The van der Waals surface area contributed by atoms with Gasteiger partial charge in [-0.1, -0.05) is 13.8 Å². The Morgan fingerprint density at radius 2 is 1.82 bits per heavy atom. The number of esters is 2. The lowest BCUT2D eigenvalue weighted by Gasteiger charge is -2.28. The van der Waals surface area contributed by atoms with E-state index < -0.39 is 69.5 Å². The summed E-state index contributed by atoms with van der Waals surface area (Å²) in [6.07, 6.45) is -4.45. The summed E-state index contributed by atoms with van der Waals surface area (Å²) >= 11 is 5.04. The highest BCUT2D eigenvalue weighted by atomic mass is 32.1. The maximum absolute atomic E-state index is 13.1. The molecule has 4 atom stereocenters. The van der Waals surface area contributed by atoms with E-state index in [1.54, 1.807) is 0 Å². The van der Waals surface area contributed by atoms with E-state index in [0.717, 1.165) is 23.8 Å². The summed E-state index contributed by atoms with van der Waals surface area (Å²) in [4.78, 5) is 36.4. The zero-order valence-corrected chi connectivity index (χ0v) is 20.2. The summed E-state index contributed by atoms with van der Waals surface area (Å²) in [7, 11) is -4.98. The molecular formula is C18H27N2O12PS. The molecule has 1 aliphatic rings. The SMILES string of the molecule is [2H]C([2H])(OP(=O)(OCOC(=O)CC)OCOC(=O)CC)[C@H]1O[C@@H](n2ccc(=O)[nH]c2=S)C(C)(O)[C@H]1O. The highest BCUT2D eigenvalue weighted by Crippen LogP contribution is 2.50. The third-order valence-corrected chi connectivity index (χ3v) is 5.97. The van der Waals surface area contributed by atoms with Gasteiger partial charge in [-0.25, -0.2) is 13.6 Å². The number of phosphoric ester groups is 1. The van der Waals surface area contributed by atoms with Crippen molar-refractivity contribution >= 4 is 32.0 Å². The second kappa shape index (κ2) is 12.1. The van der Waals surface area contributed by atoms with E-state index in [0.29, 0.717) is 0 Å². The summed E-state index contributed by atoms with van der Waals surface area (Å²) in [5.41, 5.74) is -2.73. The Bertz CT molecular complexity index is 1080. The lowest BCUT2D eigenvalue weighted by Crippen LogP contribution is -2.44. The highest BCUT2D eigenvalue weighted by Gasteiger charge is 2.53. The van der Waals surface area contributed by atoms with E-state index in [1.165, 1.54) is 13.8 Å². The van der Waals surface area contributed by atoms with Crippen molar-refractivity contribution in [3.8, 4) is 0 Å². The Balaban J connectivity index is 2.28. The smallest absolute Gasteiger partial charge is 0.438 e. The van der Waals surface area contributed by atoms with Crippen molar-refractivity contribution in [3.05, 3.63) is 27.4 Å². The van der Waals surface area contributed by atoms with Crippen LogP contribution in [-0.2, 0) is 41.9 Å². The molecule has 0 aromatic carbocycles. The molecule has 2 heterocycles. The molecule has 3 N–H and O–H groups in total. The number of aliphatic hydroxyl groups excluding tert-OH is 1. The van der Waals surface area contributed by atoms with Crippen LogP contribution in [0.1, 0.15) is 42.6 Å². The van der Waals surface area contributed by atoms with Crippen LogP contribution in [0.4, 0.5) is 0 Å². The van der Waals surface area contributed by atoms with Crippen LogP contribution in [0.15, 0.2) is 17.1 Å². The molecule has 1 aliphatic heterocycles. The molecule has 1 saturated heterocycles. The number of rotatable bonds is 12. The second-order valence-corrected chi connectivity index (χ2v) is 8.97. The van der Waals surface area contributed by atoms with Gasteiger partial charge < -0.3 is 24.4 Å². The van der Waals surface area contributed by atoms with Crippen LogP contribution < -0.4 is 5.56 Å². The number of carbonyl (C=O) groups excluding carboxylic acids is 2.